The van der Waals surface area contributed by atoms with Crippen LogP contribution in [-0.4, -0.2) is 53.8 Å². The van der Waals surface area contributed by atoms with Crippen LogP contribution in [0.4, 0.5) is 20.5 Å². The molecule has 1 aliphatic heterocycles. The number of aromatic nitrogens is 4. The van der Waals surface area contributed by atoms with Gasteiger partial charge in [-0.05, 0) is 58.6 Å². The number of aliphatic hydroxyl groups is 1. The number of likely N-dealkylation sites (tertiary alicyclic amines) is 1. The first kappa shape index (κ1) is 27.4. The summed E-state index contributed by atoms with van der Waals surface area (Å²) in [5, 5.41) is 31.2. The number of rotatable bonds is 8. The lowest BCUT2D eigenvalue weighted by Gasteiger charge is -2.43. The molecule has 12 heteroatoms. The Balaban J connectivity index is 1.43. The van der Waals surface area contributed by atoms with Crippen LogP contribution in [0, 0.1) is 24.0 Å². The standard InChI is InChI=1S/C27H31ClF2N6O3/c1-15-11-20(35-34-15)32-25-31-19(22(30)23(33-25)27(39)7-4-8-27)13-26(24(37)38)9-10-36(16(2)12-26)14-17-5-3-6-18(28)21(17)29/h3,5-6,11,16,39H,4,7-10,12-14H2,1-2H3,(H,37,38)(H2,31,32,33,34,35)/t16-,26-/m1/s1. The average Bonchev–Trinajstić information content (AvgIpc) is 3.28. The largest absolute Gasteiger partial charge is 0.481 e. The Morgan fingerprint density at radius 2 is 2.03 bits per heavy atom. The van der Waals surface area contributed by atoms with E-state index in [4.69, 9.17) is 11.6 Å². The number of aryl methyl sites for hydroxylation is 1. The molecular weight excluding hydrogens is 530 g/mol. The number of hydrogen-bond acceptors (Lipinski definition) is 7. The zero-order valence-electron chi connectivity index (χ0n) is 21.8. The van der Waals surface area contributed by atoms with Gasteiger partial charge in [-0.25, -0.2) is 18.7 Å². The van der Waals surface area contributed by atoms with Crippen LogP contribution in [0.1, 0.15) is 61.7 Å². The van der Waals surface area contributed by atoms with Gasteiger partial charge in [0.15, 0.2) is 11.6 Å². The smallest absolute Gasteiger partial charge is 0.310 e. The van der Waals surface area contributed by atoms with Crippen molar-refractivity contribution in [3.8, 4) is 0 Å². The van der Waals surface area contributed by atoms with Gasteiger partial charge in [0, 0.05) is 36.3 Å². The topological polar surface area (TPSA) is 127 Å². The zero-order valence-corrected chi connectivity index (χ0v) is 22.5. The van der Waals surface area contributed by atoms with Gasteiger partial charge in [-0.1, -0.05) is 23.7 Å². The van der Waals surface area contributed by atoms with Crippen molar-refractivity contribution >= 4 is 29.3 Å². The molecule has 0 unspecified atom stereocenters. The number of carboxylic acids is 1. The van der Waals surface area contributed by atoms with E-state index in [0.29, 0.717) is 30.8 Å². The molecule has 3 aromatic rings. The molecule has 3 heterocycles. The fourth-order valence-electron chi connectivity index (χ4n) is 5.57. The summed E-state index contributed by atoms with van der Waals surface area (Å²) in [6, 6.07) is 6.31. The Labute approximate surface area is 229 Å². The molecule has 2 atom stereocenters. The Hall–Kier alpha value is -3.15. The first-order valence-electron chi connectivity index (χ1n) is 13.0. The zero-order chi connectivity index (χ0) is 27.9. The molecule has 4 N–H and O–H groups in total. The van der Waals surface area contributed by atoms with Crippen LogP contribution in [0.15, 0.2) is 24.3 Å². The molecule has 1 aromatic carbocycles. The number of nitrogens with zero attached hydrogens (tertiary/aromatic N) is 4. The Morgan fingerprint density at radius 3 is 2.64 bits per heavy atom. The Bertz CT molecular complexity index is 1400. The average molecular weight is 561 g/mol. The highest BCUT2D eigenvalue weighted by Gasteiger charge is 2.47. The first-order chi connectivity index (χ1) is 18.5. The number of anilines is 2. The van der Waals surface area contributed by atoms with Crippen LogP contribution in [0.2, 0.25) is 5.02 Å². The number of H-pyrrole nitrogens is 1. The number of halogens is 3. The maximum absolute atomic E-state index is 15.9. The lowest BCUT2D eigenvalue weighted by molar-refractivity contribution is -0.153. The van der Waals surface area contributed by atoms with E-state index in [-0.39, 0.29) is 54.2 Å². The number of hydrogen-bond donors (Lipinski definition) is 4. The quantitative estimate of drug-likeness (QED) is 0.308. The molecule has 208 valence electrons. The van der Waals surface area contributed by atoms with Gasteiger partial charge in [0.25, 0.3) is 0 Å². The van der Waals surface area contributed by atoms with E-state index >= 15 is 4.39 Å². The summed E-state index contributed by atoms with van der Waals surface area (Å²) >= 11 is 5.94. The number of piperidine rings is 1. The monoisotopic (exact) mass is 560 g/mol. The van der Waals surface area contributed by atoms with E-state index in [1.54, 1.807) is 18.2 Å². The van der Waals surface area contributed by atoms with Crippen LogP contribution < -0.4 is 5.32 Å². The molecule has 2 aliphatic rings. The van der Waals surface area contributed by atoms with Gasteiger partial charge < -0.3 is 15.5 Å². The van der Waals surface area contributed by atoms with Crippen molar-refractivity contribution in [1.82, 2.24) is 25.1 Å². The molecule has 0 spiro atoms. The summed E-state index contributed by atoms with van der Waals surface area (Å²) in [4.78, 5) is 23.3. The molecule has 39 heavy (non-hydrogen) atoms. The molecule has 2 fully saturated rings. The fraction of sp³-hybridized carbons (Fsp3) is 0.481. The molecule has 0 bridgehead atoms. The summed E-state index contributed by atoms with van der Waals surface area (Å²) in [5.41, 5.74) is -1.71. The van der Waals surface area contributed by atoms with Crippen LogP contribution in [-0.2, 0) is 23.4 Å². The van der Waals surface area contributed by atoms with Gasteiger partial charge in [-0.2, -0.15) is 5.10 Å². The Kier molecular flexibility index (Phi) is 7.34. The second kappa shape index (κ2) is 10.4. The lowest BCUT2D eigenvalue weighted by Crippen LogP contribution is -2.50. The van der Waals surface area contributed by atoms with Gasteiger partial charge in [0.05, 0.1) is 16.1 Å². The van der Waals surface area contributed by atoms with Crippen molar-refractivity contribution in [3.63, 3.8) is 0 Å². The van der Waals surface area contributed by atoms with Crippen molar-refractivity contribution in [1.29, 1.82) is 0 Å². The number of benzene rings is 1. The number of nitrogens with one attached hydrogen (secondary N) is 2. The SMILES string of the molecule is Cc1cc(Nc2nc(C[C@@]3(C(=O)O)CCN(Cc4cccc(Cl)c4F)[C@H](C)C3)c(F)c(C3(O)CCC3)n2)n[nH]1. The van der Waals surface area contributed by atoms with Gasteiger partial charge in [0.1, 0.15) is 17.1 Å². The third-order valence-corrected chi connectivity index (χ3v) is 8.33. The Morgan fingerprint density at radius 1 is 1.26 bits per heavy atom. The van der Waals surface area contributed by atoms with Crippen molar-refractivity contribution in [3.05, 3.63) is 63.6 Å². The second-order valence-electron chi connectivity index (χ2n) is 10.9. The molecule has 1 aliphatic carbocycles. The number of carbonyl (C=O) groups is 1. The van der Waals surface area contributed by atoms with E-state index in [1.165, 1.54) is 6.07 Å². The molecule has 1 saturated carbocycles. The van der Waals surface area contributed by atoms with Gasteiger partial charge >= 0.3 is 5.97 Å². The van der Waals surface area contributed by atoms with E-state index in [9.17, 15) is 19.4 Å². The van der Waals surface area contributed by atoms with Crippen molar-refractivity contribution in [2.45, 2.75) is 70.6 Å². The maximum atomic E-state index is 15.9. The lowest BCUT2D eigenvalue weighted by atomic mass is 9.71. The van der Waals surface area contributed by atoms with Gasteiger partial charge in [-0.3, -0.25) is 14.8 Å². The van der Waals surface area contributed by atoms with Crippen LogP contribution in [0.5, 0.6) is 0 Å². The van der Waals surface area contributed by atoms with Gasteiger partial charge in [-0.15, -0.1) is 0 Å². The molecule has 5 rings (SSSR count). The molecular formula is C27H31ClF2N6O3. The highest BCUT2D eigenvalue weighted by Crippen LogP contribution is 2.44. The van der Waals surface area contributed by atoms with Crippen LogP contribution >= 0.6 is 11.6 Å². The summed E-state index contributed by atoms with van der Waals surface area (Å²) < 4.78 is 30.4. The van der Waals surface area contributed by atoms with Crippen molar-refractivity contribution in [2.24, 2.45) is 5.41 Å². The van der Waals surface area contributed by atoms with Crippen LogP contribution in [0.25, 0.3) is 0 Å². The minimum absolute atomic E-state index is 0.0367. The second-order valence-corrected chi connectivity index (χ2v) is 11.3. The molecule has 0 radical (unpaired) electrons. The highest BCUT2D eigenvalue weighted by atomic mass is 35.5. The summed E-state index contributed by atoms with van der Waals surface area (Å²) in [6.07, 6.45) is 1.68. The summed E-state index contributed by atoms with van der Waals surface area (Å²) in [5.74, 6) is -1.87. The minimum Gasteiger partial charge on any atom is -0.481 e. The molecule has 9 nitrogen and oxygen atoms in total. The minimum atomic E-state index is -1.42. The number of aliphatic carboxylic acids is 1. The van der Waals surface area contributed by atoms with Crippen LogP contribution in [0.3, 0.4) is 0 Å². The third-order valence-electron chi connectivity index (χ3n) is 8.04. The van der Waals surface area contributed by atoms with E-state index in [2.05, 4.69) is 25.5 Å². The van der Waals surface area contributed by atoms with Crippen molar-refractivity contribution in [2.75, 3.05) is 11.9 Å². The first-order valence-corrected chi connectivity index (χ1v) is 13.4. The molecule has 1 saturated heterocycles. The molecule has 2 aromatic heterocycles. The number of carboxylic acid groups (broad SMARTS) is 1. The van der Waals surface area contributed by atoms with E-state index < -0.39 is 28.6 Å². The summed E-state index contributed by atoms with van der Waals surface area (Å²) in [6.45, 7) is 4.34. The molecule has 0 amide bonds. The normalized spacial score (nSPS) is 22.9. The van der Waals surface area contributed by atoms with E-state index in [0.717, 1.165) is 12.1 Å². The van der Waals surface area contributed by atoms with Gasteiger partial charge in [0.2, 0.25) is 5.95 Å². The van der Waals surface area contributed by atoms with Crippen molar-refractivity contribution < 1.29 is 23.8 Å². The van der Waals surface area contributed by atoms with E-state index in [1.807, 2.05) is 18.7 Å². The highest BCUT2D eigenvalue weighted by molar-refractivity contribution is 6.30. The predicted molar refractivity (Wildman–Crippen MR) is 141 cm³/mol. The summed E-state index contributed by atoms with van der Waals surface area (Å²) in [7, 11) is 0. The predicted octanol–water partition coefficient (Wildman–Crippen LogP) is 4.85. The third kappa shape index (κ3) is 5.35. The fourth-order valence-corrected chi connectivity index (χ4v) is 5.76. The number of aromatic amines is 1. The maximum Gasteiger partial charge on any atom is 0.310 e.